The van der Waals surface area contributed by atoms with Crippen molar-refractivity contribution >= 4 is 5.91 Å². The first-order chi connectivity index (χ1) is 8.54. The molecule has 100 valence electrons. The SMILES string of the molecule is Cc1oc(C)c(C(=O)N2CCOC(CO)C2)c1C. The zero-order chi connectivity index (χ0) is 13.3. The predicted molar refractivity (Wildman–Crippen MR) is 65.6 cm³/mol. The van der Waals surface area contributed by atoms with Crippen LogP contribution in [-0.2, 0) is 4.74 Å². The van der Waals surface area contributed by atoms with Gasteiger partial charge in [-0.15, -0.1) is 0 Å². The largest absolute Gasteiger partial charge is 0.466 e. The molecule has 1 atom stereocenters. The summed E-state index contributed by atoms with van der Waals surface area (Å²) in [5.41, 5.74) is 1.54. The fraction of sp³-hybridized carbons (Fsp3) is 0.615. The molecule has 1 aliphatic rings. The number of furan rings is 1. The molecule has 1 unspecified atom stereocenters. The molecule has 0 aromatic carbocycles. The topological polar surface area (TPSA) is 62.9 Å². The Kier molecular flexibility index (Phi) is 3.73. The van der Waals surface area contributed by atoms with Gasteiger partial charge in [0.15, 0.2) is 0 Å². The number of aliphatic hydroxyl groups is 1. The molecule has 1 amide bonds. The van der Waals surface area contributed by atoms with Gasteiger partial charge in [-0.1, -0.05) is 0 Å². The van der Waals surface area contributed by atoms with Crippen LogP contribution in [0.25, 0.3) is 0 Å². The van der Waals surface area contributed by atoms with Gasteiger partial charge in [0.1, 0.15) is 11.5 Å². The number of amides is 1. The Morgan fingerprint density at radius 2 is 2.11 bits per heavy atom. The van der Waals surface area contributed by atoms with Crippen molar-refractivity contribution in [2.45, 2.75) is 26.9 Å². The molecular weight excluding hydrogens is 234 g/mol. The van der Waals surface area contributed by atoms with Gasteiger partial charge in [-0.25, -0.2) is 0 Å². The van der Waals surface area contributed by atoms with Gasteiger partial charge in [0, 0.05) is 18.7 Å². The number of ether oxygens (including phenoxy) is 1. The van der Waals surface area contributed by atoms with E-state index < -0.39 is 0 Å². The van der Waals surface area contributed by atoms with Crippen molar-refractivity contribution < 1.29 is 19.1 Å². The maximum Gasteiger partial charge on any atom is 0.257 e. The van der Waals surface area contributed by atoms with Gasteiger partial charge < -0.3 is 19.2 Å². The van der Waals surface area contributed by atoms with Crippen LogP contribution in [-0.4, -0.2) is 48.3 Å². The highest BCUT2D eigenvalue weighted by atomic mass is 16.5. The van der Waals surface area contributed by atoms with E-state index in [-0.39, 0.29) is 18.6 Å². The van der Waals surface area contributed by atoms with Gasteiger partial charge in [-0.05, 0) is 20.8 Å². The number of aryl methyl sites for hydroxylation is 2. The van der Waals surface area contributed by atoms with Gasteiger partial charge in [-0.3, -0.25) is 4.79 Å². The fourth-order valence-corrected chi connectivity index (χ4v) is 2.28. The molecule has 0 bridgehead atoms. The van der Waals surface area contributed by atoms with Crippen molar-refractivity contribution in [2.75, 3.05) is 26.3 Å². The summed E-state index contributed by atoms with van der Waals surface area (Å²) < 4.78 is 10.8. The number of rotatable bonds is 2. The second kappa shape index (κ2) is 5.12. The molecule has 1 N–H and O–H groups in total. The third-order valence-corrected chi connectivity index (χ3v) is 3.40. The van der Waals surface area contributed by atoms with Crippen molar-refractivity contribution in [3.05, 3.63) is 22.6 Å². The zero-order valence-corrected chi connectivity index (χ0v) is 11.0. The molecule has 0 aliphatic carbocycles. The summed E-state index contributed by atoms with van der Waals surface area (Å²) in [6, 6.07) is 0. The van der Waals surface area contributed by atoms with Crippen molar-refractivity contribution in [3.63, 3.8) is 0 Å². The molecule has 1 aromatic heterocycles. The molecule has 1 aromatic rings. The number of carbonyl (C=O) groups excluding carboxylic acids is 1. The second-order valence-corrected chi connectivity index (χ2v) is 4.64. The highest BCUT2D eigenvalue weighted by Crippen LogP contribution is 2.23. The molecule has 1 saturated heterocycles. The predicted octanol–water partition coefficient (Wildman–Crippen LogP) is 1.04. The Labute approximate surface area is 106 Å². The smallest absolute Gasteiger partial charge is 0.257 e. The van der Waals surface area contributed by atoms with Gasteiger partial charge in [0.25, 0.3) is 5.91 Å². The Bertz CT molecular complexity index is 452. The van der Waals surface area contributed by atoms with Crippen LogP contribution in [0.2, 0.25) is 0 Å². The highest BCUT2D eigenvalue weighted by molar-refractivity contribution is 5.97. The van der Waals surface area contributed by atoms with Crippen LogP contribution in [0.1, 0.15) is 27.4 Å². The van der Waals surface area contributed by atoms with Crippen LogP contribution in [0.5, 0.6) is 0 Å². The van der Waals surface area contributed by atoms with Gasteiger partial charge in [-0.2, -0.15) is 0 Å². The maximum absolute atomic E-state index is 12.4. The van der Waals surface area contributed by atoms with E-state index in [1.54, 1.807) is 11.8 Å². The fourth-order valence-electron chi connectivity index (χ4n) is 2.28. The molecule has 0 saturated carbocycles. The molecule has 1 aliphatic heterocycles. The van der Waals surface area contributed by atoms with Crippen LogP contribution >= 0.6 is 0 Å². The Morgan fingerprint density at radius 1 is 1.39 bits per heavy atom. The monoisotopic (exact) mass is 253 g/mol. The normalized spacial score (nSPS) is 20.2. The number of aliphatic hydroxyl groups excluding tert-OH is 1. The van der Waals surface area contributed by atoms with E-state index in [1.165, 1.54) is 0 Å². The molecular formula is C13H19NO4. The second-order valence-electron chi connectivity index (χ2n) is 4.64. The molecule has 5 nitrogen and oxygen atoms in total. The zero-order valence-electron chi connectivity index (χ0n) is 11.0. The van der Waals surface area contributed by atoms with Crippen molar-refractivity contribution in [2.24, 2.45) is 0 Å². The van der Waals surface area contributed by atoms with Crippen molar-refractivity contribution in [1.82, 2.24) is 4.90 Å². The number of hydrogen-bond acceptors (Lipinski definition) is 4. The van der Waals surface area contributed by atoms with Crippen LogP contribution in [0.3, 0.4) is 0 Å². The highest BCUT2D eigenvalue weighted by Gasteiger charge is 2.28. The quantitative estimate of drug-likeness (QED) is 0.855. The van der Waals surface area contributed by atoms with Crippen molar-refractivity contribution in [1.29, 1.82) is 0 Å². The molecule has 2 rings (SSSR count). The van der Waals surface area contributed by atoms with Crippen LogP contribution in [0.4, 0.5) is 0 Å². The van der Waals surface area contributed by atoms with E-state index in [0.717, 1.165) is 11.3 Å². The lowest BCUT2D eigenvalue weighted by Gasteiger charge is -2.32. The molecule has 2 heterocycles. The average molecular weight is 253 g/mol. The van der Waals surface area contributed by atoms with Crippen LogP contribution in [0.15, 0.2) is 4.42 Å². The Morgan fingerprint density at radius 3 is 2.67 bits per heavy atom. The summed E-state index contributed by atoms with van der Waals surface area (Å²) in [5, 5.41) is 9.09. The van der Waals surface area contributed by atoms with E-state index >= 15 is 0 Å². The summed E-state index contributed by atoms with van der Waals surface area (Å²) >= 11 is 0. The van der Waals surface area contributed by atoms with Gasteiger partial charge in [0.05, 0.1) is 24.9 Å². The van der Waals surface area contributed by atoms with E-state index in [4.69, 9.17) is 14.3 Å². The average Bonchev–Trinajstić information content (AvgIpc) is 2.62. The molecule has 18 heavy (non-hydrogen) atoms. The lowest BCUT2D eigenvalue weighted by atomic mass is 10.1. The first kappa shape index (κ1) is 13.1. The van der Waals surface area contributed by atoms with Gasteiger partial charge >= 0.3 is 0 Å². The summed E-state index contributed by atoms with van der Waals surface area (Å²) in [4.78, 5) is 14.2. The molecule has 5 heteroatoms. The lowest BCUT2D eigenvalue weighted by molar-refractivity contribution is -0.0447. The maximum atomic E-state index is 12.4. The first-order valence-corrected chi connectivity index (χ1v) is 6.13. The minimum Gasteiger partial charge on any atom is -0.466 e. The van der Waals surface area contributed by atoms with Crippen LogP contribution in [0, 0.1) is 20.8 Å². The third kappa shape index (κ3) is 2.28. The summed E-state index contributed by atoms with van der Waals surface area (Å²) in [7, 11) is 0. The Hall–Kier alpha value is -1.33. The first-order valence-electron chi connectivity index (χ1n) is 6.13. The summed E-state index contributed by atoms with van der Waals surface area (Å²) in [6.45, 7) is 6.93. The minimum atomic E-state index is -0.281. The molecule has 0 radical (unpaired) electrons. The summed E-state index contributed by atoms with van der Waals surface area (Å²) in [6.07, 6.45) is -0.281. The van der Waals surface area contributed by atoms with Crippen LogP contribution < -0.4 is 0 Å². The number of morpholine rings is 1. The van der Waals surface area contributed by atoms with Crippen molar-refractivity contribution in [3.8, 4) is 0 Å². The van der Waals surface area contributed by atoms with E-state index in [2.05, 4.69) is 0 Å². The van der Waals surface area contributed by atoms with Gasteiger partial charge in [0.2, 0.25) is 0 Å². The molecule has 0 spiro atoms. The number of hydrogen-bond donors (Lipinski definition) is 1. The molecule has 1 fully saturated rings. The Balaban J connectivity index is 2.20. The summed E-state index contributed by atoms with van der Waals surface area (Å²) in [5.74, 6) is 1.40. The lowest BCUT2D eigenvalue weighted by Crippen LogP contribution is -2.47. The number of carbonyl (C=O) groups is 1. The third-order valence-electron chi connectivity index (χ3n) is 3.40. The number of nitrogens with zero attached hydrogens (tertiary/aromatic N) is 1. The van der Waals surface area contributed by atoms with E-state index in [0.29, 0.717) is 31.0 Å². The van der Waals surface area contributed by atoms with E-state index in [9.17, 15) is 4.79 Å². The standard InChI is InChI=1S/C13H19NO4/c1-8-9(2)18-10(3)12(8)13(16)14-4-5-17-11(6-14)7-15/h11,15H,4-7H2,1-3H3. The minimum absolute atomic E-state index is 0.0383. The van der Waals surface area contributed by atoms with E-state index in [1.807, 2.05) is 13.8 Å².